The predicted octanol–water partition coefficient (Wildman–Crippen LogP) is 2.34. The van der Waals surface area contributed by atoms with Crippen molar-refractivity contribution in [2.45, 2.75) is 32.7 Å². The zero-order valence-corrected chi connectivity index (χ0v) is 11.1. The summed E-state index contributed by atoms with van der Waals surface area (Å²) in [6.45, 7) is 6.79. The highest BCUT2D eigenvalue weighted by Gasteiger charge is 2.33. The smallest absolute Gasteiger partial charge is 0.325 e. The van der Waals surface area contributed by atoms with E-state index in [4.69, 9.17) is 4.84 Å². The van der Waals surface area contributed by atoms with E-state index < -0.39 is 5.54 Å². The predicted molar refractivity (Wildman–Crippen MR) is 70.0 cm³/mol. The van der Waals surface area contributed by atoms with E-state index in [1.165, 1.54) is 5.56 Å². The molecule has 0 bridgehead atoms. The third kappa shape index (κ3) is 2.82. The molecule has 0 radical (unpaired) electrons. The van der Waals surface area contributed by atoms with Gasteiger partial charge in [0.05, 0.1) is 5.54 Å². The SMILES string of the molecule is CC(C)Cc1cccc(C2(C)CONC(=O)N2)c1. The second-order valence-corrected chi connectivity index (χ2v) is 5.48. The number of urea groups is 1. The Labute approximate surface area is 108 Å². The van der Waals surface area contributed by atoms with Crippen LogP contribution in [0.5, 0.6) is 0 Å². The maximum absolute atomic E-state index is 11.4. The number of carbonyl (C=O) groups excluding carboxylic acids is 1. The summed E-state index contributed by atoms with van der Waals surface area (Å²) in [5, 5.41) is 2.91. The normalized spacial score (nSPS) is 23.7. The second-order valence-electron chi connectivity index (χ2n) is 5.48. The van der Waals surface area contributed by atoms with Crippen LogP contribution < -0.4 is 10.8 Å². The molecule has 4 nitrogen and oxygen atoms in total. The van der Waals surface area contributed by atoms with Gasteiger partial charge in [0, 0.05) is 0 Å². The van der Waals surface area contributed by atoms with E-state index in [0.717, 1.165) is 12.0 Å². The lowest BCUT2D eigenvalue weighted by Gasteiger charge is -2.34. The van der Waals surface area contributed by atoms with E-state index >= 15 is 0 Å². The Hall–Kier alpha value is -1.55. The van der Waals surface area contributed by atoms with Crippen LogP contribution in [0, 0.1) is 5.92 Å². The van der Waals surface area contributed by atoms with Gasteiger partial charge in [-0.25, -0.2) is 10.3 Å². The Morgan fingerprint density at radius 2 is 2.22 bits per heavy atom. The number of amides is 2. The molecule has 1 heterocycles. The molecule has 1 aliphatic rings. The summed E-state index contributed by atoms with van der Waals surface area (Å²) in [5.41, 5.74) is 4.21. The standard InChI is InChI=1S/C14H20N2O2/c1-10(2)7-11-5-4-6-12(8-11)14(3)9-18-16-13(17)15-14/h4-6,8,10H,7,9H2,1-3H3,(H2,15,16,17). The highest BCUT2D eigenvalue weighted by atomic mass is 16.7. The molecule has 98 valence electrons. The van der Waals surface area contributed by atoms with Gasteiger partial charge in [0.15, 0.2) is 0 Å². The van der Waals surface area contributed by atoms with Crippen LogP contribution in [0.2, 0.25) is 0 Å². The highest BCUT2D eigenvalue weighted by Crippen LogP contribution is 2.24. The molecule has 1 aliphatic heterocycles. The van der Waals surface area contributed by atoms with Gasteiger partial charge < -0.3 is 5.32 Å². The van der Waals surface area contributed by atoms with E-state index in [9.17, 15) is 4.79 Å². The number of hydrogen-bond donors (Lipinski definition) is 2. The van der Waals surface area contributed by atoms with Crippen LogP contribution >= 0.6 is 0 Å². The largest absolute Gasteiger partial charge is 0.339 e. The van der Waals surface area contributed by atoms with Crippen molar-refractivity contribution in [2.75, 3.05) is 6.61 Å². The summed E-state index contributed by atoms with van der Waals surface area (Å²) in [6.07, 6.45) is 1.04. The van der Waals surface area contributed by atoms with Crippen LogP contribution in [0.15, 0.2) is 24.3 Å². The number of hydrogen-bond acceptors (Lipinski definition) is 2. The van der Waals surface area contributed by atoms with Gasteiger partial charge in [-0.15, -0.1) is 0 Å². The summed E-state index contributed by atoms with van der Waals surface area (Å²) in [5.74, 6) is 0.618. The molecule has 0 aliphatic carbocycles. The monoisotopic (exact) mass is 248 g/mol. The fourth-order valence-electron chi connectivity index (χ4n) is 2.23. The van der Waals surface area contributed by atoms with Crippen molar-refractivity contribution < 1.29 is 9.63 Å². The minimum absolute atomic E-state index is 0.294. The Balaban J connectivity index is 2.24. The molecule has 2 amide bonds. The molecule has 0 spiro atoms. The average Bonchev–Trinajstić information content (AvgIpc) is 2.28. The van der Waals surface area contributed by atoms with Crippen LogP contribution in [0.3, 0.4) is 0 Å². The minimum atomic E-state index is -0.463. The highest BCUT2D eigenvalue weighted by molar-refractivity contribution is 5.74. The first-order valence-corrected chi connectivity index (χ1v) is 6.29. The van der Waals surface area contributed by atoms with Gasteiger partial charge in [-0.2, -0.15) is 0 Å². The average molecular weight is 248 g/mol. The van der Waals surface area contributed by atoms with Crippen LogP contribution in [0.4, 0.5) is 4.79 Å². The van der Waals surface area contributed by atoms with Gasteiger partial charge in [-0.3, -0.25) is 4.84 Å². The van der Waals surface area contributed by atoms with Crippen molar-refractivity contribution in [3.05, 3.63) is 35.4 Å². The van der Waals surface area contributed by atoms with Crippen molar-refractivity contribution >= 4 is 6.03 Å². The summed E-state index contributed by atoms with van der Waals surface area (Å²) in [7, 11) is 0. The Morgan fingerprint density at radius 1 is 1.44 bits per heavy atom. The van der Waals surface area contributed by atoms with Gasteiger partial charge >= 0.3 is 6.03 Å². The maximum Gasteiger partial charge on any atom is 0.339 e. The summed E-state index contributed by atoms with van der Waals surface area (Å²) in [4.78, 5) is 16.5. The van der Waals surface area contributed by atoms with Crippen molar-refractivity contribution in [2.24, 2.45) is 5.92 Å². The number of benzene rings is 1. The molecule has 1 aromatic rings. The molecule has 1 fully saturated rings. The van der Waals surface area contributed by atoms with E-state index in [2.05, 4.69) is 36.8 Å². The first kappa shape index (κ1) is 12.9. The molecule has 4 heteroatoms. The first-order chi connectivity index (χ1) is 8.49. The van der Waals surface area contributed by atoms with Crippen LogP contribution in [0.25, 0.3) is 0 Å². The molecule has 1 atom stereocenters. The fraction of sp³-hybridized carbons (Fsp3) is 0.500. The van der Waals surface area contributed by atoms with E-state index in [0.29, 0.717) is 12.5 Å². The topological polar surface area (TPSA) is 50.4 Å². The van der Waals surface area contributed by atoms with Crippen molar-refractivity contribution in [3.8, 4) is 0 Å². The lowest BCUT2D eigenvalue weighted by molar-refractivity contribution is -0.00647. The molecule has 2 rings (SSSR count). The summed E-state index contributed by atoms with van der Waals surface area (Å²) >= 11 is 0. The third-order valence-corrected chi connectivity index (χ3v) is 3.12. The molecule has 1 unspecified atom stereocenters. The van der Waals surface area contributed by atoms with E-state index in [1.807, 2.05) is 19.1 Å². The molecule has 0 saturated carbocycles. The minimum Gasteiger partial charge on any atom is -0.325 e. The Bertz CT molecular complexity index is 445. The van der Waals surface area contributed by atoms with Crippen molar-refractivity contribution in [1.29, 1.82) is 0 Å². The first-order valence-electron chi connectivity index (χ1n) is 6.29. The number of hydroxylamine groups is 1. The van der Waals surface area contributed by atoms with Crippen molar-refractivity contribution in [1.82, 2.24) is 10.8 Å². The van der Waals surface area contributed by atoms with Gasteiger partial charge in [0.25, 0.3) is 0 Å². The summed E-state index contributed by atoms with van der Waals surface area (Å²) < 4.78 is 0. The van der Waals surface area contributed by atoms with Crippen molar-refractivity contribution in [3.63, 3.8) is 0 Å². The molecule has 1 aromatic carbocycles. The quantitative estimate of drug-likeness (QED) is 0.862. The van der Waals surface area contributed by atoms with Gasteiger partial charge in [0.2, 0.25) is 0 Å². The lowest BCUT2D eigenvalue weighted by Crippen LogP contribution is -2.56. The zero-order valence-electron chi connectivity index (χ0n) is 11.1. The van der Waals surface area contributed by atoms with E-state index in [1.54, 1.807) is 0 Å². The zero-order chi connectivity index (χ0) is 13.2. The summed E-state index contributed by atoms with van der Waals surface area (Å²) in [6, 6.07) is 8.04. The molecule has 1 saturated heterocycles. The third-order valence-electron chi connectivity index (χ3n) is 3.12. The molecular formula is C14H20N2O2. The van der Waals surface area contributed by atoms with Gasteiger partial charge in [0.1, 0.15) is 6.61 Å². The van der Waals surface area contributed by atoms with Gasteiger partial charge in [-0.05, 0) is 30.4 Å². The Morgan fingerprint density at radius 3 is 2.89 bits per heavy atom. The molecule has 18 heavy (non-hydrogen) atoms. The van der Waals surface area contributed by atoms with E-state index in [-0.39, 0.29) is 6.03 Å². The fourth-order valence-corrected chi connectivity index (χ4v) is 2.23. The number of nitrogens with one attached hydrogen (secondary N) is 2. The molecule has 0 aromatic heterocycles. The number of rotatable bonds is 3. The second kappa shape index (κ2) is 4.98. The Kier molecular flexibility index (Phi) is 3.57. The number of carbonyl (C=O) groups is 1. The molecule has 2 N–H and O–H groups in total. The van der Waals surface area contributed by atoms with Crippen LogP contribution in [-0.2, 0) is 16.8 Å². The molecular weight excluding hydrogens is 228 g/mol. The maximum atomic E-state index is 11.4. The van der Waals surface area contributed by atoms with Crippen LogP contribution in [0.1, 0.15) is 31.9 Å². The van der Waals surface area contributed by atoms with Gasteiger partial charge in [-0.1, -0.05) is 38.1 Å². The van der Waals surface area contributed by atoms with Crippen LogP contribution in [-0.4, -0.2) is 12.6 Å². The lowest BCUT2D eigenvalue weighted by atomic mass is 9.90.